The third kappa shape index (κ3) is 27.1. The lowest BCUT2D eigenvalue weighted by atomic mass is 9.90. The van der Waals surface area contributed by atoms with E-state index >= 15 is 0 Å². The van der Waals surface area contributed by atoms with E-state index in [1.54, 1.807) is 0 Å². The molecule has 0 aromatic rings. The average Bonchev–Trinajstić information content (AvgIpc) is 3.24. The number of unbranched alkanes of at least 4 members (excludes halogenated alkanes) is 23. The van der Waals surface area contributed by atoms with Gasteiger partial charge in [0.1, 0.15) is 0 Å². The van der Waals surface area contributed by atoms with Crippen molar-refractivity contribution in [3.63, 3.8) is 0 Å². The van der Waals surface area contributed by atoms with Gasteiger partial charge in [0.2, 0.25) is 0 Å². The van der Waals surface area contributed by atoms with Gasteiger partial charge in [-0.2, -0.15) is 0 Å². The summed E-state index contributed by atoms with van der Waals surface area (Å²) in [6, 6.07) is 0. The molecule has 10 heteroatoms. The first-order chi connectivity index (χ1) is 29.8. The van der Waals surface area contributed by atoms with E-state index in [-0.39, 0.29) is 11.6 Å². The Morgan fingerprint density at radius 2 is 0.869 bits per heavy atom. The predicted octanol–water partition coefficient (Wildman–Crippen LogP) is 9.43. The minimum atomic E-state index is -0.572. The highest BCUT2D eigenvalue weighted by Crippen LogP contribution is 2.24. The van der Waals surface area contributed by atoms with Crippen LogP contribution in [-0.2, 0) is 9.59 Å². The van der Waals surface area contributed by atoms with Crippen LogP contribution in [0.3, 0.4) is 0 Å². The molecule has 0 saturated carbocycles. The molecule has 2 rings (SSSR count). The second-order valence-electron chi connectivity index (χ2n) is 18.6. The van der Waals surface area contributed by atoms with Gasteiger partial charge < -0.3 is 41.7 Å². The molecule has 2 unspecified atom stereocenters. The van der Waals surface area contributed by atoms with Gasteiger partial charge in [-0.25, -0.2) is 0 Å². The Bertz CT molecular complexity index is 1180. The second-order valence-corrected chi connectivity index (χ2v) is 18.6. The van der Waals surface area contributed by atoms with Crippen molar-refractivity contribution in [1.82, 2.24) is 25.8 Å². The molecule has 0 aromatic carbocycles. The van der Waals surface area contributed by atoms with Crippen molar-refractivity contribution in [2.24, 2.45) is 5.73 Å². The molecular weight excluding hydrogens is 761 g/mol. The minimum Gasteiger partial charge on any atom is -0.390 e. The fraction of sp³-hybridized carbons (Fsp3) is 0.882. The number of nitrogens with one attached hydrogen (secondary N) is 3. The molecule has 61 heavy (non-hydrogen) atoms. The van der Waals surface area contributed by atoms with Crippen LogP contribution in [0.15, 0.2) is 22.7 Å². The van der Waals surface area contributed by atoms with E-state index in [2.05, 4.69) is 39.6 Å². The quantitative estimate of drug-likeness (QED) is 0.0328. The number of carbonyl (C=O) groups is 2. The van der Waals surface area contributed by atoms with E-state index in [4.69, 9.17) is 5.73 Å². The van der Waals surface area contributed by atoms with Crippen molar-refractivity contribution in [2.45, 2.75) is 226 Å². The number of carbonyl (C=O) groups excluding carboxylic acids is 2. The van der Waals surface area contributed by atoms with Crippen LogP contribution in [0.4, 0.5) is 0 Å². The highest BCUT2D eigenvalue weighted by atomic mass is 16.3. The molecule has 0 aliphatic heterocycles. The SMILES string of the molecule is CCCCCCCCCCCCCCN(CCCCN(CCCCCCCCCCCCCC)CC(O)CNC1=C(NCCCNC2=C(CC)C(=O)C2)CC1=O)CC(O)CN. The molecular formula is C51H98N6O4. The van der Waals surface area contributed by atoms with Gasteiger partial charge in [0, 0.05) is 56.2 Å². The molecule has 7 N–H and O–H groups in total. The van der Waals surface area contributed by atoms with Crippen LogP contribution in [0.25, 0.3) is 0 Å². The number of nitrogens with zero attached hydrogens (tertiary/aromatic N) is 2. The van der Waals surface area contributed by atoms with Crippen molar-refractivity contribution in [3.05, 3.63) is 22.7 Å². The maximum Gasteiger partial charge on any atom is 0.186 e. The summed E-state index contributed by atoms with van der Waals surface area (Å²) in [5.41, 5.74) is 9.40. The first kappa shape index (κ1) is 55.2. The Morgan fingerprint density at radius 3 is 1.26 bits per heavy atom. The van der Waals surface area contributed by atoms with Gasteiger partial charge in [-0.15, -0.1) is 0 Å². The molecule has 2 aliphatic carbocycles. The molecule has 2 aliphatic rings. The van der Waals surface area contributed by atoms with E-state index in [9.17, 15) is 19.8 Å². The van der Waals surface area contributed by atoms with Gasteiger partial charge >= 0.3 is 0 Å². The highest BCUT2D eigenvalue weighted by molar-refractivity contribution is 6.04. The Morgan fingerprint density at radius 1 is 0.492 bits per heavy atom. The smallest absolute Gasteiger partial charge is 0.186 e. The fourth-order valence-corrected chi connectivity index (χ4v) is 8.90. The lowest BCUT2D eigenvalue weighted by molar-refractivity contribution is -0.117. The molecule has 0 heterocycles. The van der Waals surface area contributed by atoms with Crippen molar-refractivity contribution in [1.29, 1.82) is 0 Å². The summed E-state index contributed by atoms with van der Waals surface area (Å²) in [7, 11) is 0. The number of aliphatic hydroxyl groups is 2. The van der Waals surface area contributed by atoms with Crippen molar-refractivity contribution < 1.29 is 19.8 Å². The summed E-state index contributed by atoms with van der Waals surface area (Å²) in [5, 5.41) is 31.7. The van der Waals surface area contributed by atoms with Gasteiger partial charge in [0.25, 0.3) is 0 Å². The number of hydrogen-bond acceptors (Lipinski definition) is 10. The Kier molecular flexibility index (Phi) is 33.8. The summed E-state index contributed by atoms with van der Waals surface area (Å²) < 4.78 is 0. The molecule has 0 saturated heterocycles. The number of nitrogens with two attached hydrogens (primary N) is 1. The van der Waals surface area contributed by atoms with Gasteiger partial charge in [-0.3, -0.25) is 9.59 Å². The maximum absolute atomic E-state index is 12.5. The van der Waals surface area contributed by atoms with E-state index in [1.165, 1.54) is 148 Å². The summed E-state index contributed by atoms with van der Waals surface area (Å²) in [5.74, 6) is 0.355. The van der Waals surface area contributed by atoms with Crippen LogP contribution >= 0.6 is 0 Å². The van der Waals surface area contributed by atoms with Crippen LogP contribution < -0.4 is 21.7 Å². The molecule has 10 nitrogen and oxygen atoms in total. The Labute approximate surface area is 375 Å². The molecule has 2 atom stereocenters. The number of Topliss-reactive ketones (excluding diaryl/α,β-unsaturated/α-hetero) is 2. The van der Waals surface area contributed by atoms with Crippen LogP contribution in [0.2, 0.25) is 0 Å². The number of rotatable bonds is 46. The van der Waals surface area contributed by atoms with Gasteiger partial charge in [-0.05, 0) is 64.7 Å². The third-order valence-electron chi connectivity index (χ3n) is 12.9. The van der Waals surface area contributed by atoms with Gasteiger partial charge in [0.05, 0.1) is 30.7 Å². The summed E-state index contributed by atoms with van der Waals surface area (Å²) >= 11 is 0. The largest absolute Gasteiger partial charge is 0.390 e. The summed E-state index contributed by atoms with van der Waals surface area (Å²) in [6.45, 7) is 13.9. The molecule has 0 fully saturated rings. The number of hydrogen-bond donors (Lipinski definition) is 6. The highest BCUT2D eigenvalue weighted by Gasteiger charge is 2.28. The van der Waals surface area contributed by atoms with E-state index in [0.29, 0.717) is 44.7 Å². The number of allylic oxidation sites excluding steroid dienone is 4. The molecule has 0 bridgehead atoms. The average molecular weight is 859 g/mol. The van der Waals surface area contributed by atoms with E-state index < -0.39 is 12.2 Å². The molecule has 356 valence electrons. The fourth-order valence-electron chi connectivity index (χ4n) is 8.90. The predicted molar refractivity (Wildman–Crippen MR) is 258 cm³/mol. The summed E-state index contributed by atoms with van der Waals surface area (Å²) in [4.78, 5) is 29.1. The van der Waals surface area contributed by atoms with Gasteiger partial charge in [0.15, 0.2) is 11.6 Å². The first-order valence-electron chi connectivity index (χ1n) is 26.1. The zero-order valence-electron chi connectivity index (χ0n) is 40.1. The normalized spacial score (nSPS) is 15.2. The number of ketones is 2. The molecule has 0 radical (unpaired) electrons. The first-order valence-corrected chi connectivity index (χ1v) is 26.1. The second kappa shape index (κ2) is 37.4. The van der Waals surface area contributed by atoms with Crippen LogP contribution in [0.5, 0.6) is 0 Å². The van der Waals surface area contributed by atoms with Crippen LogP contribution in [0, 0.1) is 0 Å². The van der Waals surface area contributed by atoms with Crippen molar-refractivity contribution >= 4 is 11.6 Å². The van der Waals surface area contributed by atoms with Gasteiger partial charge in [-0.1, -0.05) is 162 Å². The van der Waals surface area contributed by atoms with E-state index in [1.807, 2.05) is 6.92 Å². The maximum atomic E-state index is 12.5. The monoisotopic (exact) mass is 859 g/mol. The molecule has 0 aromatic heterocycles. The minimum absolute atomic E-state index is 0.0969. The lowest BCUT2D eigenvalue weighted by Gasteiger charge is -2.29. The zero-order chi connectivity index (χ0) is 44.2. The topological polar surface area (TPSA) is 143 Å². The van der Waals surface area contributed by atoms with Crippen molar-refractivity contribution in [2.75, 3.05) is 65.4 Å². The third-order valence-corrected chi connectivity index (χ3v) is 12.9. The Balaban J connectivity index is 1.76. The van der Waals surface area contributed by atoms with Crippen molar-refractivity contribution in [3.8, 4) is 0 Å². The lowest BCUT2D eigenvalue weighted by Crippen LogP contribution is -2.43. The van der Waals surface area contributed by atoms with Crippen LogP contribution in [-0.4, -0.2) is 109 Å². The van der Waals surface area contributed by atoms with E-state index in [0.717, 1.165) is 88.3 Å². The molecule has 0 spiro atoms. The number of aliphatic hydroxyl groups excluding tert-OH is 2. The Hall–Kier alpha value is -1.98. The van der Waals surface area contributed by atoms with Crippen LogP contribution in [0.1, 0.15) is 213 Å². The standard InChI is InChI=1S/C51H98N6O4/c1-4-7-9-11-13-15-17-19-21-23-25-27-34-56(42-44(58)40-52)36-29-30-37-57(35-28-26-24-22-20-18-16-14-12-10-8-5-2)43-45(59)41-55-51-48(39-50(51)61)54-33-31-32-53-47-38-49(60)46(47)6-3/h44-45,53-55,58-59H,4-43,52H2,1-3H3. The molecule has 0 amide bonds. The summed E-state index contributed by atoms with van der Waals surface area (Å²) in [6.07, 6.45) is 35.7. The zero-order valence-corrected chi connectivity index (χ0v) is 40.1.